The van der Waals surface area contributed by atoms with Crippen LogP contribution >= 0.6 is 0 Å². The lowest BCUT2D eigenvalue weighted by molar-refractivity contribution is -0.127. The molecule has 0 spiro atoms. The Kier molecular flexibility index (Phi) is 11.1. The molecule has 0 amide bonds. The molecule has 3 nitrogen and oxygen atoms in total. The van der Waals surface area contributed by atoms with Crippen molar-refractivity contribution in [3.05, 3.63) is 46.4 Å². The molecule has 0 bridgehead atoms. The van der Waals surface area contributed by atoms with Crippen molar-refractivity contribution in [1.29, 1.82) is 0 Å². The van der Waals surface area contributed by atoms with Crippen molar-refractivity contribution in [3.8, 4) is 0 Å². The number of carbonyl (C=O) groups is 1. The highest BCUT2D eigenvalue weighted by Gasteiger charge is 2.36. The van der Waals surface area contributed by atoms with Crippen molar-refractivity contribution in [1.82, 2.24) is 5.32 Å². The predicted octanol–water partition coefficient (Wildman–Crippen LogP) is 7.03. The van der Waals surface area contributed by atoms with E-state index in [-0.39, 0.29) is 29.1 Å². The van der Waals surface area contributed by atoms with Crippen molar-refractivity contribution >= 4 is 5.78 Å². The van der Waals surface area contributed by atoms with Crippen molar-refractivity contribution in [2.24, 2.45) is 11.8 Å². The first-order chi connectivity index (χ1) is 14.4. The maximum Gasteiger partial charge on any atom is 0.405 e. The highest BCUT2D eigenvalue weighted by Crippen LogP contribution is 2.34. The van der Waals surface area contributed by atoms with Crippen molar-refractivity contribution in [2.45, 2.75) is 79.3 Å². The number of methoxy groups -OCH3 is 1. The molecule has 0 aliphatic heterocycles. The number of alkyl halides is 3. The molecule has 0 radical (unpaired) electrons. The van der Waals surface area contributed by atoms with Gasteiger partial charge >= 0.3 is 6.18 Å². The average molecular weight is 442 g/mol. The minimum Gasteiger partial charge on any atom is -0.491 e. The van der Waals surface area contributed by atoms with Crippen molar-refractivity contribution in [2.75, 3.05) is 13.7 Å². The Balaban J connectivity index is 2.66. The smallest absolute Gasteiger partial charge is 0.405 e. The van der Waals surface area contributed by atoms with Gasteiger partial charge in [-0.25, -0.2) is 0 Å². The fourth-order valence-electron chi connectivity index (χ4n) is 3.66. The van der Waals surface area contributed by atoms with Gasteiger partial charge < -0.3 is 10.1 Å². The van der Waals surface area contributed by atoms with E-state index in [9.17, 15) is 18.0 Å². The van der Waals surface area contributed by atoms with E-state index < -0.39 is 12.7 Å². The van der Waals surface area contributed by atoms with Crippen LogP contribution in [0, 0.1) is 11.8 Å². The minimum absolute atomic E-state index is 0.0300. The van der Waals surface area contributed by atoms with Gasteiger partial charge in [0.15, 0.2) is 5.76 Å². The summed E-state index contributed by atoms with van der Waals surface area (Å²) in [5.41, 5.74) is 4.22. The standard InChI is InChI=1S/C25H38F3NO2/c1-17(2)9-7-10-18(3)11-8-12-19(4)13-14-21-15-22(29-16-25(26,27)28)24(31-6)23(30)20(21)5/h9,11,13,20-21,29H,7-8,10,12,14-16H2,1-6H3/b18-11+,19-13+/t20?,21-/m1/s1. The van der Waals surface area contributed by atoms with Gasteiger partial charge in [-0.05, 0) is 72.1 Å². The maximum atomic E-state index is 12.6. The van der Waals surface area contributed by atoms with Gasteiger partial charge in [0.1, 0.15) is 6.54 Å². The first-order valence-electron chi connectivity index (χ1n) is 11.0. The van der Waals surface area contributed by atoms with Crippen LogP contribution in [-0.2, 0) is 9.53 Å². The zero-order valence-corrected chi connectivity index (χ0v) is 19.8. The van der Waals surface area contributed by atoms with E-state index >= 15 is 0 Å². The zero-order valence-electron chi connectivity index (χ0n) is 19.8. The SMILES string of the molecule is COC1=C(NCC(F)(F)F)C[C@@H](C/C=C(\C)CC/C=C(\C)CCC=C(C)C)C(C)C1=O. The fourth-order valence-corrected chi connectivity index (χ4v) is 3.66. The zero-order chi connectivity index (χ0) is 23.6. The van der Waals surface area contributed by atoms with Gasteiger partial charge in [-0.2, -0.15) is 13.2 Å². The summed E-state index contributed by atoms with van der Waals surface area (Å²) in [6, 6.07) is 0. The van der Waals surface area contributed by atoms with Crippen LogP contribution < -0.4 is 5.32 Å². The number of rotatable bonds is 11. The summed E-state index contributed by atoms with van der Waals surface area (Å²) in [4.78, 5) is 12.6. The van der Waals surface area contributed by atoms with Gasteiger partial charge in [0.2, 0.25) is 5.78 Å². The summed E-state index contributed by atoms with van der Waals surface area (Å²) in [6.07, 6.45) is 7.37. The lowest BCUT2D eigenvalue weighted by atomic mass is 9.78. The Morgan fingerprint density at radius 3 is 2.19 bits per heavy atom. The molecule has 1 aliphatic carbocycles. The first kappa shape index (κ1) is 27.1. The molecule has 0 saturated heterocycles. The second-order valence-electron chi connectivity index (χ2n) is 8.79. The number of halogens is 3. The third-order valence-electron chi connectivity index (χ3n) is 5.68. The van der Waals surface area contributed by atoms with Crippen LogP contribution in [0.3, 0.4) is 0 Å². The second kappa shape index (κ2) is 12.8. The molecule has 1 N–H and O–H groups in total. The molecule has 6 heteroatoms. The quantitative estimate of drug-likeness (QED) is 0.350. The molecule has 0 saturated carbocycles. The van der Waals surface area contributed by atoms with E-state index in [1.165, 1.54) is 23.8 Å². The Labute approximate surface area is 185 Å². The molecule has 1 unspecified atom stereocenters. The van der Waals surface area contributed by atoms with Gasteiger partial charge in [0, 0.05) is 5.92 Å². The van der Waals surface area contributed by atoms with Crippen LogP contribution in [0.4, 0.5) is 13.2 Å². The Morgan fingerprint density at radius 1 is 1.06 bits per heavy atom. The van der Waals surface area contributed by atoms with Crippen LogP contribution in [-0.4, -0.2) is 25.6 Å². The third kappa shape index (κ3) is 10.3. The molecule has 1 aliphatic rings. The van der Waals surface area contributed by atoms with Crippen LogP contribution in [0.5, 0.6) is 0 Å². The number of ketones is 1. The maximum absolute atomic E-state index is 12.6. The highest BCUT2D eigenvalue weighted by atomic mass is 19.4. The molecular formula is C25H38F3NO2. The summed E-state index contributed by atoms with van der Waals surface area (Å²) >= 11 is 0. The molecule has 31 heavy (non-hydrogen) atoms. The number of hydrogen-bond donors (Lipinski definition) is 1. The monoisotopic (exact) mass is 441 g/mol. The molecule has 0 aromatic heterocycles. The van der Waals surface area contributed by atoms with Gasteiger partial charge in [-0.15, -0.1) is 0 Å². The van der Waals surface area contributed by atoms with Crippen LogP contribution in [0.25, 0.3) is 0 Å². The Morgan fingerprint density at radius 2 is 1.65 bits per heavy atom. The number of carbonyl (C=O) groups excluding carboxylic acids is 1. The van der Waals surface area contributed by atoms with Crippen LogP contribution in [0.15, 0.2) is 46.4 Å². The largest absolute Gasteiger partial charge is 0.491 e. The summed E-state index contributed by atoms with van der Waals surface area (Å²) in [6.45, 7) is 9.10. The topological polar surface area (TPSA) is 38.3 Å². The molecular weight excluding hydrogens is 403 g/mol. The van der Waals surface area contributed by atoms with Gasteiger partial charge in [0.05, 0.1) is 12.8 Å². The minimum atomic E-state index is -4.35. The van der Waals surface area contributed by atoms with Crippen LogP contribution in [0.1, 0.15) is 73.1 Å². The number of allylic oxidation sites excluding steroid dienone is 8. The van der Waals surface area contributed by atoms with E-state index in [0.717, 1.165) is 25.7 Å². The van der Waals surface area contributed by atoms with E-state index in [4.69, 9.17) is 4.74 Å². The Bertz CT molecular complexity index is 726. The van der Waals surface area contributed by atoms with Gasteiger partial charge in [-0.1, -0.05) is 41.9 Å². The molecule has 0 aromatic carbocycles. The van der Waals surface area contributed by atoms with E-state index in [2.05, 4.69) is 51.2 Å². The summed E-state index contributed by atoms with van der Waals surface area (Å²) in [7, 11) is 1.33. The van der Waals surface area contributed by atoms with E-state index in [0.29, 0.717) is 12.8 Å². The summed E-state index contributed by atoms with van der Waals surface area (Å²) in [5, 5.41) is 2.38. The number of ether oxygens (including phenoxy) is 1. The lowest BCUT2D eigenvalue weighted by Crippen LogP contribution is -2.37. The third-order valence-corrected chi connectivity index (χ3v) is 5.68. The molecule has 1 rings (SSSR count). The van der Waals surface area contributed by atoms with Crippen LogP contribution in [0.2, 0.25) is 0 Å². The van der Waals surface area contributed by atoms with E-state index in [1.54, 1.807) is 0 Å². The summed E-state index contributed by atoms with van der Waals surface area (Å²) < 4.78 is 43.0. The number of hydrogen-bond acceptors (Lipinski definition) is 3. The predicted molar refractivity (Wildman–Crippen MR) is 120 cm³/mol. The lowest BCUT2D eigenvalue weighted by Gasteiger charge is -2.31. The first-order valence-corrected chi connectivity index (χ1v) is 11.0. The van der Waals surface area contributed by atoms with Crippen molar-refractivity contribution < 1.29 is 22.7 Å². The molecule has 176 valence electrons. The second-order valence-corrected chi connectivity index (χ2v) is 8.79. The molecule has 0 fully saturated rings. The molecule has 2 atom stereocenters. The average Bonchev–Trinajstić information content (AvgIpc) is 2.66. The number of Topliss-reactive ketones (excluding diaryl/α,β-unsaturated/α-hetero) is 1. The van der Waals surface area contributed by atoms with Gasteiger partial charge in [0.25, 0.3) is 0 Å². The van der Waals surface area contributed by atoms with Crippen molar-refractivity contribution in [3.63, 3.8) is 0 Å². The normalized spacial score (nSPS) is 20.7. The van der Waals surface area contributed by atoms with Gasteiger partial charge in [-0.3, -0.25) is 4.79 Å². The molecule has 0 heterocycles. The number of nitrogens with one attached hydrogen (secondary N) is 1. The molecule has 0 aromatic rings. The Hall–Kier alpha value is -1.98. The summed E-state index contributed by atoms with van der Waals surface area (Å²) in [5.74, 6) is -0.530. The van der Waals surface area contributed by atoms with E-state index in [1.807, 2.05) is 6.92 Å². The fraction of sp³-hybridized carbons (Fsp3) is 0.640. The highest BCUT2D eigenvalue weighted by molar-refractivity contribution is 5.96.